The predicted molar refractivity (Wildman–Crippen MR) is 126 cm³/mol. The molecule has 3 aromatic carbocycles. The lowest BCUT2D eigenvalue weighted by molar-refractivity contribution is -0.119. The van der Waals surface area contributed by atoms with Crippen molar-refractivity contribution in [2.45, 2.75) is 13.0 Å². The highest BCUT2D eigenvalue weighted by Gasteiger charge is 2.28. The van der Waals surface area contributed by atoms with Crippen LogP contribution < -0.4 is 10.9 Å². The quantitative estimate of drug-likeness (QED) is 0.507. The van der Waals surface area contributed by atoms with Gasteiger partial charge in [0.05, 0.1) is 17.0 Å². The molecule has 1 atom stereocenters. The molecule has 0 saturated carbocycles. The maximum Gasteiger partial charge on any atom is 0.272 e. The van der Waals surface area contributed by atoms with Gasteiger partial charge in [-0.05, 0) is 36.7 Å². The highest BCUT2D eigenvalue weighted by atomic mass is 16.2. The molecule has 160 valence electrons. The molecule has 1 saturated heterocycles. The molecule has 0 aliphatic carbocycles. The number of anilines is 1. The van der Waals surface area contributed by atoms with Gasteiger partial charge >= 0.3 is 0 Å². The van der Waals surface area contributed by atoms with Crippen LogP contribution in [0.5, 0.6) is 0 Å². The second-order valence-corrected chi connectivity index (χ2v) is 8.22. The number of likely N-dealkylation sites (tertiary alicyclic amines) is 1. The van der Waals surface area contributed by atoms with Crippen molar-refractivity contribution in [1.82, 2.24) is 15.1 Å². The van der Waals surface area contributed by atoms with E-state index in [9.17, 15) is 9.59 Å². The lowest BCUT2D eigenvalue weighted by Gasteiger charge is -2.16. The van der Waals surface area contributed by atoms with Crippen molar-refractivity contribution in [3.63, 3.8) is 0 Å². The molecule has 0 bridgehead atoms. The van der Waals surface area contributed by atoms with Crippen LogP contribution in [0.25, 0.3) is 22.0 Å². The van der Waals surface area contributed by atoms with Gasteiger partial charge in [0, 0.05) is 29.7 Å². The van der Waals surface area contributed by atoms with E-state index in [1.807, 2.05) is 60.7 Å². The van der Waals surface area contributed by atoms with Crippen LogP contribution in [0, 0.1) is 5.92 Å². The maximum absolute atomic E-state index is 12.8. The topological polar surface area (TPSA) is 78.1 Å². The van der Waals surface area contributed by atoms with Gasteiger partial charge in [0.1, 0.15) is 0 Å². The van der Waals surface area contributed by atoms with E-state index in [0.29, 0.717) is 11.1 Å². The minimum atomic E-state index is -0.203. The van der Waals surface area contributed by atoms with Crippen molar-refractivity contribution in [3.05, 3.63) is 94.8 Å². The summed E-state index contributed by atoms with van der Waals surface area (Å²) in [4.78, 5) is 27.1. The highest BCUT2D eigenvalue weighted by Crippen LogP contribution is 2.26. The largest absolute Gasteiger partial charge is 0.326 e. The molecule has 1 unspecified atom stereocenters. The molecule has 0 radical (unpaired) electrons. The molecular formula is C26H24N4O2. The number of carbonyl (C=O) groups excluding carboxylic acids is 1. The molecule has 6 heteroatoms. The summed E-state index contributed by atoms with van der Waals surface area (Å²) in [5.74, 6) is 0.0455. The van der Waals surface area contributed by atoms with Crippen molar-refractivity contribution in [3.8, 4) is 11.3 Å². The Hall–Kier alpha value is -3.77. The van der Waals surface area contributed by atoms with E-state index in [-0.39, 0.29) is 17.4 Å². The monoisotopic (exact) mass is 424 g/mol. The number of benzene rings is 3. The average Bonchev–Trinajstić information content (AvgIpc) is 3.30. The van der Waals surface area contributed by atoms with Gasteiger partial charge in [0.15, 0.2) is 0 Å². The van der Waals surface area contributed by atoms with E-state index in [1.165, 1.54) is 5.56 Å². The lowest BCUT2D eigenvalue weighted by atomic mass is 10.0. The number of carbonyl (C=O) groups is 1. The van der Waals surface area contributed by atoms with Crippen molar-refractivity contribution in [2.24, 2.45) is 5.92 Å². The van der Waals surface area contributed by atoms with Gasteiger partial charge in [-0.2, -0.15) is 5.10 Å². The van der Waals surface area contributed by atoms with Gasteiger partial charge < -0.3 is 5.32 Å². The third-order valence-electron chi connectivity index (χ3n) is 6.01. The Labute approximate surface area is 185 Å². The smallest absolute Gasteiger partial charge is 0.272 e. The summed E-state index contributed by atoms with van der Waals surface area (Å²) in [6.07, 6.45) is 0.865. The van der Waals surface area contributed by atoms with Gasteiger partial charge in [-0.15, -0.1) is 0 Å². The normalized spacial score (nSPS) is 16.3. The van der Waals surface area contributed by atoms with Gasteiger partial charge in [-0.3, -0.25) is 14.5 Å². The SMILES string of the molecule is O=C(Nc1ccc(-c2n[nH]c(=O)c3ccccc23)cc1)C1CCN(Cc2ccccc2)C1. The number of nitrogens with zero attached hydrogens (tertiary/aromatic N) is 2. The Kier molecular flexibility index (Phi) is 5.52. The molecule has 1 amide bonds. The zero-order chi connectivity index (χ0) is 21.9. The lowest BCUT2D eigenvalue weighted by Crippen LogP contribution is -2.26. The molecule has 5 rings (SSSR count). The van der Waals surface area contributed by atoms with Crippen LogP contribution in [0.15, 0.2) is 83.7 Å². The van der Waals surface area contributed by atoms with Crippen LogP contribution >= 0.6 is 0 Å². The zero-order valence-corrected chi connectivity index (χ0v) is 17.6. The minimum Gasteiger partial charge on any atom is -0.326 e. The fourth-order valence-corrected chi connectivity index (χ4v) is 4.32. The van der Waals surface area contributed by atoms with Gasteiger partial charge in [-0.25, -0.2) is 5.10 Å². The van der Waals surface area contributed by atoms with E-state index < -0.39 is 0 Å². The summed E-state index contributed by atoms with van der Waals surface area (Å²) in [5, 5.41) is 11.3. The molecule has 32 heavy (non-hydrogen) atoms. The van der Waals surface area contributed by atoms with Crippen LogP contribution in [0.1, 0.15) is 12.0 Å². The number of amides is 1. The predicted octanol–water partition coefficient (Wildman–Crippen LogP) is 4.05. The molecule has 1 aliphatic heterocycles. The first-order valence-electron chi connectivity index (χ1n) is 10.8. The Morgan fingerprint density at radius 2 is 1.69 bits per heavy atom. The number of hydrogen-bond acceptors (Lipinski definition) is 4. The molecule has 6 nitrogen and oxygen atoms in total. The summed E-state index contributed by atoms with van der Waals surface area (Å²) in [5.41, 5.74) is 3.42. The van der Waals surface area contributed by atoms with E-state index in [1.54, 1.807) is 6.07 Å². The van der Waals surface area contributed by atoms with Crippen LogP contribution in [0.4, 0.5) is 5.69 Å². The standard InChI is InChI=1S/C26H24N4O2/c31-25(20-14-15-30(17-20)16-18-6-2-1-3-7-18)27-21-12-10-19(11-13-21)24-22-8-4-5-9-23(22)26(32)29-28-24/h1-13,20H,14-17H2,(H,27,31)(H,29,32). The fraction of sp³-hybridized carbons (Fsp3) is 0.192. The third kappa shape index (κ3) is 4.18. The molecule has 0 spiro atoms. The first kappa shape index (κ1) is 20.2. The zero-order valence-electron chi connectivity index (χ0n) is 17.6. The van der Waals surface area contributed by atoms with Crippen molar-refractivity contribution < 1.29 is 4.79 Å². The molecule has 2 heterocycles. The second-order valence-electron chi connectivity index (χ2n) is 8.22. The summed E-state index contributed by atoms with van der Waals surface area (Å²) in [6.45, 7) is 2.57. The molecular weight excluding hydrogens is 400 g/mol. The van der Waals surface area contributed by atoms with Gasteiger partial charge in [0.25, 0.3) is 5.56 Å². The van der Waals surface area contributed by atoms with E-state index >= 15 is 0 Å². The molecule has 1 aromatic heterocycles. The first-order chi connectivity index (χ1) is 15.7. The van der Waals surface area contributed by atoms with Gasteiger partial charge in [-0.1, -0.05) is 60.7 Å². The van der Waals surface area contributed by atoms with E-state index in [0.717, 1.165) is 42.7 Å². The number of fused-ring (bicyclic) bond motifs is 1. The Morgan fingerprint density at radius 3 is 2.47 bits per heavy atom. The number of rotatable bonds is 5. The number of aromatic nitrogens is 2. The van der Waals surface area contributed by atoms with E-state index in [4.69, 9.17) is 0 Å². The Morgan fingerprint density at radius 1 is 0.969 bits per heavy atom. The van der Waals surface area contributed by atoms with Crippen molar-refractivity contribution in [2.75, 3.05) is 18.4 Å². The second kappa shape index (κ2) is 8.77. The average molecular weight is 425 g/mol. The number of H-pyrrole nitrogens is 1. The van der Waals surface area contributed by atoms with Crippen LogP contribution in [-0.2, 0) is 11.3 Å². The summed E-state index contributed by atoms with van der Waals surface area (Å²) < 4.78 is 0. The van der Waals surface area contributed by atoms with Gasteiger partial charge in [0.2, 0.25) is 5.91 Å². The molecule has 1 fully saturated rings. The summed E-state index contributed by atoms with van der Waals surface area (Å²) in [7, 11) is 0. The third-order valence-corrected chi connectivity index (χ3v) is 6.01. The van der Waals surface area contributed by atoms with Crippen LogP contribution in [0.2, 0.25) is 0 Å². The maximum atomic E-state index is 12.8. The van der Waals surface area contributed by atoms with E-state index in [2.05, 4.69) is 32.5 Å². The number of aromatic amines is 1. The summed E-state index contributed by atoms with van der Waals surface area (Å²) in [6, 6.07) is 25.4. The number of nitrogens with one attached hydrogen (secondary N) is 2. The van der Waals surface area contributed by atoms with Crippen LogP contribution in [0.3, 0.4) is 0 Å². The fourth-order valence-electron chi connectivity index (χ4n) is 4.32. The Bertz CT molecular complexity index is 1300. The van der Waals surface area contributed by atoms with Crippen molar-refractivity contribution in [1.29, 1.82) is 0 Å². The number of hydrogen-bond donors (Lipinski definition) is 2. The summed E-state index contributed by atoms with van der Waals surface area (Å²) >= 11 is 0. The molecule has 4 aromatic rings. The minimum absolute atomic E-state index is 0.0109. The Balaban J connectivity index is 1.25. The molecule has 2 N–H and O–H groups in total. The highest BCUT2D eigenvalue weighted by molar-refractivity contribution is 5.95. The van der Waals surface area contributed by atoms with Crippen LogP contribution in [-0.4, -0.2) is 34.1 Å². The van der Waals surface area contributed by atoms with Crippen molar-refractivity contribution >= 4 is 22.4 Å². The first-order valence-corrected chi connectivity index (χ1v) is 10.8. The molecule has 1 aliphatic rings.